The highest BCUT2D eigenvalue weighted by Gasteiger charge is 2.31. The first-order valence-corrected chi connectivity index (χ1v) is 12.7. The number of amides is 2. The van der Waals surface area contributed by atoms with Crippen molar-refractivity contribution in [3.05, 3.63) is 54.4 Å². The van der Waals surface area contributed by atoms with E-state index in [1.54, 1.807) is 0 Å². The zero-order valence-electron chi connectivity index (χ0n) is 19.2. The molecule has 34 heavy (non-hydrogen) atoms. The van der Waals surface area contributed by atoms with Crippen LogP contribution in [-0.4, -0.2) is 45.4 Å². The quantitative estimate of drug-likeness (QED) is 0.467. The lowest BCUT2D eigenvalue weighted by Crippen LogP contribution is -2.18. The van der Waals surface area contributed by atoms with Crippen molar-refractivity contribution in [1.82, 2.24) is 14.8 Å². The summed E-state index contributed by atoms with van der Waals surface area (Å²) in [6.45, 7) is 3.68. The Hall–Kier alpha value is -3.33. The minimum atomic E-state index is -0.122. The summed E-state index contributed by atoms with van der Waals surface area (Å²) in [4.78, 5) is 26.5. The Balaban J connectivity index is 1.27. The van der Waals surface area contributed by atoms with Gasteiger partial charge in [-0.2, -0.15) is 0 Å². The van der Waals surface area contributed by atoms with Crippen LogP contribution >= 0.6 is 11.8 Å². The van der Waals surface area contributed by atoms with Crippen LogP contribution in [0.1, 0.15) is 44.3 Å². The first kappa shape index (κ1) is 22.5. The van der Waals surface area contributed by atoms with E-state index >= 15 is 0 Å². The van der Waals surface area contributed by atoms with Gasteiger partial charge in [-0.15, -0.1) is 10.2 Å². The van der Waals surface area contributed by atoms with Gasteiger partial charge in [-0.05, 0) is 68.1 Å². The Kier molecular flexibility index (Phi) is 6.53. The summed E-state index contributed by atoms with van der Waals surface area (Å²) in [6.07, 6.45) is 4.64. The molecule has 5 rings (SSSR count). The maximum Gasteiger partial charge on any atom is 0.234 e. The monoisotopic (exact) mass is 476 g/mol. The van der Waals surface area contributed by atoms with E-state index in [2.05, 4.69) is 37.9 Å². The summed E-state index contributed by atoms with van der Waals surface area (Å²) >= 11 is 1.36. The minimum Gasteiger partial charge on any atom is -0.372 e. The summed E-state index contributed by atoms with van der Waals surface area (Å²) in [6, 6.07) is 15.7. The van der Waals surface area contributed by atoms with Crippen LogP contribution in [0.5, 0.6) is 0 Å². The fourth-order valence-corrected chi connectivity index (χ4v) is 4.97. The molecule has 2 fully saturated rings. The number of benzene rings is 2. The van der Waals surface area contributed by atoms with Crippen molar-refractivity contribution in [3.63, 3.8) is 0 Å². The van der Waals surface area contributed by atoms with Crippen LogP contribution in [0.4, 0.5) is 17.1 Å². The predicted molar refractivity (Wildman–Crippen MR) is 135 cm³/mol. The van der Waals surface area contributed by atoms with Crippen LogP contribution in [0.15, 0.2) is 53.7 Å². The first-order valence-electron chi connectivity index (χ1n) is 11.7. The lowest BCUT2D eigenvalue weighted by molar-refractivity contribution is -0.114. The van der Waals surface area contributed by atoms with Crippen molar-refractivity contribution in [2.75, 3.05) is 34.4 Å². The Morgan fingerprint density at radius 3 is 2.44 bits per heavy atom. The highest BCUT2D eigenvalue weighted by Crippen LogP contribution is 2.41. The molecule has 0 atom stereocenters. The normalized spacial score (nSPS) is 15.4. The van der Waals surface area contributed by atoms with Gasteiger partial charge in [0.2, 0.25) is 11.8 Å². The van der Waals surface area contributed by atoms with Crippen molar-refractivity contribution in [2.24, 2.45) is 0 Å². The molecule has 9 heteroatoms. The molecule has 1 aromatic heterocycles. The molecule has 0 unspecified atom stereocenters. The molecule has 2 aromatic carbocycles. The van der Waals surface area contributed by atoms with E-state index in [0.717, 1.165) is 43.1 Å². The molecule has 1 aliphatic heterocycles. The molecule has 1 saturated carbocycles. The molecular formula is C25H28N6O2S. The number of anilines is 3. The van der Waals surface area contributed by atoms with E-state index in [0.29, 0.717) is 16.8 Å². The van der Waals surface area contributed by atoms with Crippen LogP contribution < -0.4 is 15.5 Å². The number of hydrogen-bond acceptors (Lipinski definition) is 6. The predicted octanol–water partition coefficient (Wildman–Crippen LogP) is 4.43. The summed E-state index contributed by atoms with van der Waals surface area (Å²) < 4.78 is 2.01. The van der Waals surface area contributed by atoms with Crippen LogP contribution in [0.2, 0.25) is 0 Å². The number of nitrogens with one attached hydrogen (secondary N) is 2. The molecule has 0 bridgehead atoms. The van der Waals surface area contributed by atoms with E-state index in [4.69, 9.17) is 0 Å². The number of carbonyl (C=O) groups excluding carboxylic acids is 2. The van der Waals surface area contributed by atoms with Crippen molar-refractivity contribution in [2.45, 2.75) is 43.7 Å². The van der Waals surface area contributed by atoms with Gasteiger partial charge in [-0.25, -0.2) is 0 Å². The SMILES string of the molecule is CC(=O)Nc1cccc(-n2c(SCC(=O)Nc3ccc(N4CCCC4)cc3)nnc2C2CC2)c1. The molecule has 2 heterocycles. The molecule has 2 N–H and O–H groups in total. The third kappa shape index (κ3) is 5.25. The molecule has 176 valence electrons. The van der Waals surface area contributed by atoms with E-state index in [9.17, 15) is 9.59 Å². The Bertz CT molecular complexity index is 1180. The zero-order valence-corrected chi connectivity index (χ0v) is 20.0. The minimum absolute atomic E-state index is 0.0894. The van der Waals surface area contributed by atoms with Gasteiger partial charge in [0.25, 0.3) is 0 Å². The molecule has 8 nitrogen and oxygen atoms in total. The van der Waals surface area contributed by atoms with Crippen molar-refractivity contribution < 1.29 is 9.59 Å². The lowest BCUT2D eigenvalue weighted by atomic mass is 10.2. The maximum absolute atomic E-state index is 12.7. The molecule has 2 aliphatic rings. The topological polar surface area (TPSA) is 92.2 Å². The van der Waals surface area contributed by atoms with Crippen LogP contribution in [0.25, 0.3) is 5.69 Å². The number of carbonyl (C=O) groups is 2. The third-order valence-corrected chi connectivity index (χ3v) is 6.91. The van der Waals surface area contributed by atoms with Gasteiger partial charge < -0.3 is 15.5 Å². The van der Waals surface area contributed by atoms with E-state index in [1.807, 2.05) is 41.0 Å². The van der Waals surface area contributed by atoms with Gasteiger partial charge >= 0.3 is 0 Å². The zero-order chi connectivity index (χ0) is 23.5. The second-order valence-corrected chi connectivity index (χ2v) is 9.70. The first-order chi connectivity index (χ1) is 16.6. The fourth-order valence-electron chi connectivity index (χ4n) is 4.21. The molecular weight excluding hydrogens is 448 g/mol. The number of thioether (sulfide) groups is 1. The van der Waals surface area contributed by atoms with Gasteiger partial charge in [0.15, 0.2) is 5.16 Å². The third-order valence-electron chi connectivity index (χ3n) is 5.98. The van der Waals surface area contributed by atoms with Crippen molar-refractivity contribution in [3.8, 4) is 5.69 Å². The van der Waals surface area contributed by atoms with E-state index < -0.39 is 0 Å². The summed E-state index contributed by atoms with van der Waals surface area (Å²) in [5.41, 5.74) is 3.58. The molecule has 1 aliphatic carbocycles. The van der Waals surface area contributed by atoms with Gasteiger partial charge in [0.05, 0.1) is 11.4 Å². The number of hydrogen-bond donors (Lipinski definition) is 2. The smallest absolute Gasteiger partial charge is 0.234 e. The van der Waals surface area contributed by atoms with Crippen LogP contribution in [0, 0.1) is 0 Å². The van der Waals surface area contributed by atoms with Gasteiger partial charge in [-0.3, -0.25) is 14.2 Å². The average molecular weight is 477 g/mol. The molecule has 0 spiro atoms. The summed E-state index contributed by atoms with van der Waals surface area (Å²) in [5, 5.41) is 15.3. The second kappa shape index (κ2) is 9.89. The largest absolute Gasteiger partial charge is 0.372 e. The van der Waals surface area contributed by atoms with Gasteiger partial charge in [0.1, 0.15) is 5.82 Å². The Labute approximate surface area is 203 Å². The summed E-state index contributed by atoms with van der Waals surface area (Å²) in [7, 11) is 0. The molecule has 0 radical (unpaired) electrons. The summed E-state index contributed by atoms with van der Waals surface area (Å²) in [5.74, 6) is 1.30. The highest BCUT2D eigenvalue weighted by atomic mass is 32.2. The van der Waals surface area contributed by atoms with Crippen molar-refractivity contribution >= 4 is 40.6 Å². The van der Waals surface area contributed by atoms with Gasteiger partial charge in [0, 0.05) is 43.0 Å². The lowest BCUT2D eigenvalue weighted by Gasteiger charge is -2.17. The number of aromatic nitrogens is 3. The van der Waals surface area contributed by atoms with Crippen molar-refractivity contribution in [1.29, 1.82) is 0 Å². The maximum atomic E-state index is 12.7. The molecule has 2 amide bonds. The molecule has 3 aromatic rings. The second-order valence-electron chi connectivity index (χ2n) is 8.76. The van der Waals surface area contributed by atoms with E-state index in [-0.39, 0.29) is 17.6 Å². The number of rotatable bonds is 8. The van der Waals surface area contributed by atoms with Gasteiger partial charge in [-0.1, -0.05) is 17.8 Å². The Morgan fingerprint density at radius 1 is 0.971 bits per heavy atom. The van der Waals surface area contributed by atoms with E-state index in [1.165, 1.54) is 37.2 Å². The molecule has 1 saturated heterocycles. The fraction of sp³-hybridized carbons (Fsp3) is 0.360. The van der Waals surface area contributed by atoms with Crippen LogP contribution in [-0.2, 0) is 9.59 Å². The average Bonchev–Trinajstić information content (AvgIpc) is 3.35. The standard InChI is InChI=1S/C25H28N6O2S/c1-17(32)26-20-5-4-6-22(15-20)31-24(18-7-8-18)28-29-25(31)34-16-23(33)27-19-9-11-21(12-10-19)30-13-2-3-14-30/h4-6,9-12,15,18H,2-3,7-8,13-14,16H2,1H3,(H,26,32)(H,27,33). The highest BCUT2D eigenvalue weighted by molar-refractivity contribution is 7.99. The van der Waals surface area contributed by atoms with Crippen LogP contribution in [0.3, 0.4) is 0 Å². The Morgan fingerprint density at radius 2 is 1.74 bits per heavy atom. The number of nitrogens with zero attached hydrogens (tertiary/aromatic N) is 4.